The number of carbonyl (C=O) groups is 1. The molecule has 0 aliphatic heterocycles. The minimum absolute atomic E-state index is 0.430. The molecule has 0 aliphatic rings. The lowest BCUT2D eigenvalue weighted by molar-refractivity contribution is -0.124. The van der Waals surface area contributed by atoms with Crippen LogP contribution in [-0.2, 0) is 11.4 Å². The van der Waals surface area contributed by atoms with E-state index >= 15 is 0 Å². The van der Waals surface area contributed by atoms with Gasteiger partial charge in [0.25, 0.3) is 5.91 Å². The predicted octanol–water partition coefficient (Wildman–Crippen LogP) is 3.56. The van der Waals surface area contributed by atoms with Crippen molar-refractivity contribution in [3.8, 4) is 11.5 Å². The molecule has 1 unspecified atom stereocenters. The number of hydrogen-bond donors (Lipinski definition) is 1. The fourth-order valence-corrected chi connectivity index (χ4v) is 2.13. The van der Waals surface area contributed by atoms with Gasteiger partial charge in [-0.3, -0.25) is 4.79 Å². The molecule has 116 valence electrons. The molecule has 0 saturated heterocycles. The van der Waals surface area contributed by atoms with Gasteiger partial charge in [0.15, 0.2) is 6.10 Å². The molecule has 4 nitrogen and oxygen atoms in total. The Balaban J connectivity index is 1.93. The lowest BCUT2D eigenvalue weighted by Crippen LogP contribution is -2.32. The number of hydrogen-bond acceptors (Lipinski definition) is 3. The first-order valence-corrected chi connectivity index (χ1v) is 7.39. The van der Waals surface area contributed by atoms with Gasteiger partial charge in [-0.05, 0) is 48.4 Å². The number of amides is 1. The van der Waals surface area contributed by atoms with Crippen LogP contribution in [0.3, 0.4) is 0 Å². The summed E-state index contributed by atoms with van der Waals surface area (Å²) in [5.74, 6) is 0.823. The van der Waals surface area contributed by atoms with Crippen molar-refractivity contribution < 1.29 is 14.3 Å². The molecule has 1 amide bonds. The molecule has 0 aromatic heterocycles. The molecule has 2 aromatic rings. The monoisotopic (exact) mass is 319 g/mol. The van der Waals surface area contributed by atoms with Crippen LogP contribution in [0.15, 0.2) is 48.5 Å². The molecule has 22 heavy (non-hydrogen) atoms. The Morgan fingerprint density at radius 2 is 1.86 bits per heavy atom. The van der Waals surface area contributed by atoms with Crippen LogP contribution in [0.5, 0.6) is 11.5 Å². The van der Waals surface area contributed by atoms with Gasteiger partial charge < -0.3 is 15.2 Å². The molecule has 1 atom stereocenters. The summed E-state index contributed by atoms with van der Waals surface area (Å²) in [6, 6.07) is 14.6. The normalized spacial score (nSPS) is 11.7. The van der Waals surface area contributed by atoms with Gasteiger partial charge in [-0.15, -0.1) is 0 Å². The van der Waals surface area contributed by atoms with Crippen molar-refractivity contribution in [3.63, 3.8) is 0 Å². The lowest BCUT2D eigenvalue weighted by Gasteiger charge is -2.14. The molecular formula is C17H18ClNO3. The van der Waals surface area contributed by atoms with Crippen molar-refractivity contribution in [2.75, 3.05) is 0 Å². The second-order valence-corrected chi connectivity index (χ2v) is 5.24. The van der Waals surface area contributed by atoms with Crippen molar-refractivity contribution in [1.82, 2.24) is 0 Å². The van der Waals surface area contributed by atoms with Crippen LogP contribution < -0.4 is 15.2 Å². The standard InChI is InChI=1S/C17H18ClNO3/c1-2-16(17(19)20)22-15-8-6-14(7-9-15)21-11-12-4-3-5-13(18)10-12/h3-10,16H,2,11H2,1H3,(H2,19,20). The Morgan fingerprint density at radius 1 is 1.18 bits per heavy atom. The van der Waals surface area contributed by atoms with E-state index in [9.17, 15) is 4.79 Å². The van der Waals surface area contributed by atoms with E-state index in [1.165, 1.54) is 0 Å². The highest BCUT2D eigenvalue weighted by Gasteiger charge is 2.14. The van der Waals surface area contributed by atoms with Crippen molar-refractivity contribution in [1.29, 1.82) is 0 Å². The summed E-state index contributed by atoms with van der Waals surface area (Å²) in [5, 5.41) is 0.682. The van der Waals surface area contributed by atoms with Crippen LogP contribution in [0, 0.1) is 0 Å². The predicted molar refractivity (Wildman–Crippen MR) is 86.1 cm³/mol. The molecule has 0 fully saturated rings. The number of primary amides is 1. The topological polar surface area (TPSA) is 61.6 Å². The van der Waals surface area contributed by atoms with Crippen LogP contribution in [-0.4, -0.2) is 12.0 Å². The minimum atomic E-state index is -0.613. The summed E-state index contributed by atoms with van der Waals surface area (Å²) >= 11 is 5.93. The van der Waals surface area contributed by atoms with E-state index in [4.69, 9.17) is 26.8 Å². The third kappa shape index (κ3) is 4.67. The molecule has 0 bridgehead atoms. The lowest BCUT2D eigenvalue weighted by atomic mass is 10.2. The third-order valence-corrected chi connectivity index (χ3v) is 3.32. The zero-order valence-corrected chi connectivity index (χ0v) is 13.0. The Labute approximate surface area is 134 Å². The van der Waals surface area contributed by atoms with E-state index in [0.29, 0.717) is 29.5 Å². The summed E-state index contributed by atoms with van der Waals surface area (Å²) in [5.41, 5.74) is 6.24. The van der Waals surface area contributed by atoms with Gasteiger partial charge >= 0.3 is 0 Å². The van der Waals surface area contributed by atoms with Crippen LogP contribution in [0.25, 0.3) is 0 Å². The summed E-state index contributed by atoms with van der Waals surface area (Å²) in [6.45, 7) is 2.28. The number of halogens is 1. The van der Waals surface area contributed by atoms with Crippen molar-refractivity contribution in [3.05, 3.63) is 59.1 Å². The Kier molecular flexibility index (Phi) is 5.67. The van der Waals surface area contributed by atoms with E-state index in [1.54, 1.807) is 24.3 Å². The van der Waals surface area contributed by atoms with Gasteiger partial charge in [-0.25, -0.2) is 0 Å². The first kappa shape index (κ1) is 16.2. The highest BCUT2D eigenvalue weighted by Crippen LogP contribution is 2.20. The fourth-order valence-electron chi connectivity index (χ4n) is 1.91. The Morgan fingerprint density at radius 3 is 2.45 bits per heavy atom. The zero-order chi connectivity index (χ0) is 15.9. The van der Waals surface area contributed by atoms with Crippen molar-refractivity contribution >= 4 is 17.5 Å². The van der Waals surface area contributed by atoms with Crippen molar-refractivity contribution in [2.24, 2.45) is 5.73 Å². The molecule has 5 heteroatoms. The summed E-state index contributed by atoms with van der Waals surface area (Å²) in [6.07, 6.45) is -0.0826. The smallest absolute Gasteiger partial charge is 0.258 e. The maximum absolute atomic E-state index is 11.2. The second kappa shape index (κ2) is 7.71. The van der Waals surface area contributed by atoms with E-state index in [-0.39, 0.29) is 0 Å². The Bertz CT molecular complexity index is 628. The highest BCUT2D eigenvalue weighted by atomic mass is 35.5. The quantitative estimate of drug-likeness (QED) is 0.848. The molecule has 0 aliphatic carbocycles. The van der Waals surface area contributed by atoms with Gasteiger partial charge in [0, 0.05) is 5.02 Å². The summed E-state index contributed by atoms with van der Waals surface area (Å²) < 4.78 is 11.2. The zero-order valence-electron chi connectivity index (χ0n) is 12.3. The van der Waals surface area contributed by atoms with E-state index < -0.39 is 12.0 Å². The fraction of sp³-hybridized carbons (Fsp3) is 0.235. The first-order valence-electron chi connectivity index (χ1n) is 7.01. The van der Waals surface area contributed by atoms with Gasteiger partial charge in [-0.1, -0.05) is 30.7 Å². The van der Waals surface area contributed by atoms with Crippen LogP contribution in [0.1, 0.15) is 18.9 Å². The average molecular weight is 320 g/mol. The van der Waals surface area contributed by atoms with Crippen molar-refractivity contribution in [2.45, 2.75) is 26.1 Å². The second-order valence-electron chi connectivity index (χ2n) is 4.81. The SMILES string of the molecule is CCC(Oc1ccc(OCc2cccc(Cl)c2)cc1)C(N)=O. The molecular weight excluding hydrogens is 302 g/mol. The Hall–Kier alpha value is -2.20. The average Bonchev–Trinajstić information content (AvgIpc) is 2.51. The molecule has 2 aromatic carbocycles. The van der Waals surface area contributed by atoms with Crippen LogP contribution in [0.4, 0.5) is 0 Å². The third-order valence-electron chi connectivity index (χ3n) is 3.08. The minimum Gasteiger partial charge on any atom is -0.489 e. The van der Waals surface area contributed by atoms with E-state index in [0.717, 1.165) is 5.56 Å². The molecule has 0 spiro atoms. The van der Waals surface area contributed by atoms with Gasteiger partial charge in [0.1, 0.15) is 18.1 Å². The van der Waals surface area contributed by atoms with Gasteiger partial charge in [0.2, 0.25) is 0 Å². The first-order chi connectivity index (χ1) is 10.6. The number of carbonyl (C=O) groups excluding carboxylic acids is 1. The highest BCUT2D eigenvalue weighted by molar-refractivity contribution is 6.30. The number of benzene rings is 2. The van der Waals surface area contributed by atoms with Crippen LogP contribution in [0.2, 0.25) is 5.02 Å². The van der Waals surface area contributed by atoms with Gasteiger partial charge in [-0.2, -0.15) is 0 Å². The maximum Gasteiger partial charge on any atom is 0.258 e. The van der Waals surface area contributed by atoms with Gasteiger partial charge in [0.05, 0.1) is 0 Å². The number of rotatable bonds is 7. The molecule has 2 N–H and O–H groups in total. The number of ether oxygens (including phenoxy) is 2. The number of nitrogens with two attached hydrogens (primary N) is 1. The molecule has 0 radical (unpaired) electrons. The summed E-state index contributed by atoms with van der Waals surface area (Å²) in [7, 11) is 0. The molecule has 2 rings (SSSR count). The van der Waals surface area contributed by atoms with E-state index in [2.05, 4.69) is 0 Å². The maximum atomic E-state index is 11.2. The van der Waals surface area contributed by atoms with Crippen LogP contribution >= 0.6 is 11.6 Å². The largest absolute Gasteiger partial charge is 0.489 e. The van der Waals surface area contributed by atoms with E-state index in [1.807, 2.05) is 31.2 Å². The summed E-state index contributed by atoms with van der Waals surface area (Å²) in [4.78, 5) is 11.2. The molecule has 0 heterocycles. The molecule has 0 saturated carbocycles.